The highest BCUT2D eigenvalue weighted by atomic mass is 14.9. The number of nitrogens with one attached hydrogen (secondary N) is 1. The molecular formula is C20H29N. The van der Waals surface area contributed by atoms with Gasteiger partial charge in [0.25, 0.3) is 0 Å². The average molecular weight is 283 g/mol. The van der Waals surface area contributed by atoms with E-state index in [1.54, 1.807) is 19.3 Å². The highest BCUT2D eigenvalue weighted by Crippen LogP contribution is 2.61. The Morgan fingerprint density at radius 3 is 2.00 bits per heavy atom. The van der Waals surface area contributed by atoms with Crippen LogP contribution < -0.4 is 5.32 Å². The summed E-state index contributed by atoms with van der Waals surface area (Å²) in [6.07, 6.45) is 10.3. The summed E-state index contributed by atoms with van der Waals surface area (Å²) >= 11 is 0. The van der Waals surface area contributed by atoms with E-state index in [-0.39, 0.29) is 0 Å². The van der Waals surface area contributed by atoms with Gasteiger partial charge in [0.2, 0.25) is 0 Å². The Bertz CT molecular complexity index is 466. The van der Waals surface area contributed by atoms with E-state index in [4.69, 9.17) is 0 Å². The minimum Gasteiger partial charge on any atom is -0.316 e. The smallest absolute Gasteiger partial charge is 0.0161 e. The molecule has 1 N–H and O–H groups in total. The lowest BCUT2D eigenvalue weighted by Crippen LogP contribution is -2.56. The fourth-order valence-electron chi connectivity index (χ4n) is 6.19. The van der Waals surface area contributed by atoms with Gasteiger partial charge in [-0.3, -0.25) is 0 Å². The van der Waals surface area contributed by atoms with Crippen LogP contribution >= 0.6 is 0 Å². The lowest BCUT2D eigenvalue weighted by atomic mass is 9.47. The van der Waals surface area contributed by atoms with Gasteiger partial charge in [-0.05, 0) is 87.6 Å². The van der Waals surface area contributed by atoms with Crippen molar-refractivity contribution in [2.24, 2.45) is 23.2 Å². The van der Waals surface area contributed by atoms with Gasteiger partial charge in [-0.25, -0.2) is 0 Å². The zero-order valence-corrected chi connectivity index (χ0v) is 13.6. The molecule has 4 fully saturated rings. The highest BCUT2D eigenvalue weighted by Gasteiger charge is 2.53. The van der Waals surface area contributed by atoms with E-state index in [1.165, 1.54) is 36.8 Å². The van der Waals surface area contributed by atoms with Crippen LogP contribution in [0.4, 0.5) is 0 Å². The van der Waals surface area contributed by atoms with Gasteiger partial charge in [-0.2, -0.15) is 0 Å². The number of hydrogen-bond acceptors (Lipinski definition) is 1. The summed E-state index contributed by atoms with van der Waals surface area (Å²) in [6.45, 7) is 2.18. The van der Waals surface area contributed by atoms with Crippen LogP contribution in [0, 0.1) is 30.1 Å². The quantitative estimate of drug-likeness (QED) is 0.866. The third-order valence-electron chi connectivity index (χ3n) is 6.73. The summed E-state index contributed by atoms with van der Waals surface area (Å²) in [5.41, 5.74) is 3.49. The van der Waals surface area contributed by atoms with Crippen molar-refractivity contribution in [1.82, 2.24) is 5.32 Å². The van der Waals surface area contributed by atoms with Crippen LogP contribution in [0.2, 0.25) is 0 Å². The molecule has 21 heavy (non-hydrogen) atoms. The second-order valence-corrected chi connectivity index (χ2v) is 8.31. The van der Waals surface area contributed by atoms with Crippen molar-refractivity contribution in [2.75, 3.05) is 7.05 Å². The van der Waals surface area contributed by atoms with Crippen LogP contribution in [0.5, 0.6) is 0 Å². The van der Waals surface area contributed by atoms with E-state index in [0.717, 1.165) is 17.8 Å². The number of benzene rings is 1. The number of hydrogen-bond donors (Lipinski definition) is 1. The maximum atomic E-state index is 3.72. The van der Waals surface area contributed by atoms with Gasteiger partial charge in [-0.1, -0.05) is 29.8 Å². The third-order valence-corrected chi connectivity index (χ3v) is 6.73. The second kappa shape index (κ2) is 5.12. The third kappa shape index (κ3) is 2.44. The van der Waals surface area contributed by atoms with Gasteiger partial charge in [0.05, 0.1) is 0 Å². The standard InChI is InChI=1S/C20H29N/c1-14-3-5-15(6-4-14)10-19(21-2)20-11-16-7-17(12-20)9-18(8-16)13-20/h3-6,16-19,21H,7-13H2,1-2H3. The molecule has 5 rings (SSSR count). The summed E-state index contributed by atoms with van der Waals surface area (Å²) in [4.78, 5) is 0. The molecule has 4 saturated carbocycles. The monoisotopic (exact) mass is 283 g/mol. The summed E-state index contributed by atoms with van der Waals surface area (Å²) < 4.78 is 0. The van der Waals surface area contributed by atoms with Gasteiger partial charge in [0, 0.05) is 6.04 Å². The molecule has 4 aliphatic carbocycles. The Balaban J connectivity index is 1.56. The van der Waals surface area contributed by atoms with E-state index in [1.807, 2.05) is 0 Å². The molecular weight excluding hydrogens is 254 g/mol. The SMILES string of the molecule is CNC(Cc1ccc(C)cc1)C12CC3CC(CC(C3)C1)C2. The number of rotatable bonds is 4. The van der Waals surface area contributed by atoms with Gasteiger partial charge in [0.15, 0.2) is 0 Å². The van der Waals surface area contributed by atoms with Crippen molar-refractivity contribution in [3.63, 3.8) is 0 Å². The molecule has 0 amide bonds. The van der Waals surface area contributed by atoms with Crippen LogP contribution in [-0.4, -0.2) is 13.1 Å². The van der Waals surface area contributed by atoms with E-state index in [2.05, 4.69) is 43.6 Å². The summed E-state index contributed by atoms with van der Waals surface area (Å²) in [6, 6.07) is 9.87. The lowest BCUT2D eigenvalue weighted by molar-refractivity contribution is -0.0724. The van der Waals surface area contributed by atoms with Crippen LogP contribution in [0.25, 0.3) is 0 Å². The van der Waals surface area contributed by atoms with Gasteiger partial charge >= 0.3 is 0 Å². The van der Waals surface area contributed by atoms with Crippen LogP contribution in [0.15, 0.2) is 24.3 Å². The van der Waals surface area contributed by atoms with Crippen LogP contribution in [0.3, 0.4) is 0 Å². The Kier molecular flexibility index (Phi) is 3.37. The fraction of sp³-hybridized carbons (Fsp3) is 0.700. The van der Waals surface area contributed by atoms with Crippen molar-refractivity contribution in [3.05, 3.63) is 35.4 Å². The molecule has 1 unspecified atom stereocenters. The van der Waals surface area contributed by atoms with Crippen molar-refractivity contribution in [2.45, 2.75) is 57.9 Å². The molecule has 1 aromatic rings. The summed E-state index contributed by atoms with van der Waals surface area (Å²) in [5.74, 6) is 3.14. The first-order valence-corrected chi connectivity index (χ1v) is 8.90. The minimum atomic E-state index is 0.606. The first-order valence-electron chi connectivity index (χ1n) is 8.90. The molecule has 0 heterocycles. The number of aryl methyl sites for hydroxylation is 1. The highest BCUT2D eigenvalue weighted by molar-refractivity contribution is 5.23. The van der Waals surface area contributed by atoms with Gasteiger partial charge in [0.1, 0.15) is 0 Å². The first-order chi connectivity index (χ1) is 10.2. The van der Waals surface area contributed by atoms with E-state index in [0.29, 0.717) is 11.5 Å². The molecule has 0 aliphatic heterocycles. The van der Waals surface area contributed by atoms with Gasteiger partial charge in [-0.15, -0.1) is 0 Å². The second-order valence-electron chi connectivity index (χ2n) is 8.31. The van der Waals surface area contributed by atoms with E-state index in [9.17, 15) is 0 Å². The molecule has 1 heteroatoms. The zero-order chi connectivity index (χ0) is 14.4. The molecule has 114 valence electrons. The molecule has 0 aromatic heterocycles. The Hall–Kier alpha value is -0.820. The van der Waals surface area contributed by atoms with Crippen molar-refractivity contribution >= 4 is 0 Å². The summed E-state index contributed by atoms with van der Waals surface area (Å²) in [7, 11) is 2.19. The molecule has 4 bridgehead atoms. The zero-order valence-electron chi connectivity index (χ0n) is 13.6. The van der Waals surface area contributed by atoms with E-state index >= 15 is 0 Å². The largest absolute Gasteiger partial charge is 0.316 e. The van der Waals surface area contributed by atoms with Crippen LogP contribution in [0.1, 0.15) is 49.7 Å². The predicted octanol–water partition coefficient (Wildman–Crippen LogP) is 4.34. The summed E-state index contributed by atoms with van der Waals surface area (Å²) in [5, 5.41) is 3.72. The van der Waals surface area contributed by atoms with Crippen molar-refractivity contribution < 1.29 is 0 Å². The normalized spacial score (nSPS) is 38.7. The maximum absolute atomic E-state index is 3.72. The topological polar surface area (TPSA) is 12.0 Å². The minimum absolute atomic E-state index is 0.606. The Morgan fingerprint density at radius 1 is 1.00 bits per heavy atom. The Morgan fingerprint density at radius 2 is 1.52 bits per heavy atom. The molecule has 0 radical (unpaired) electrons. The van der Waals surface area contributed by atoms with Crippen molar-refractivity contribution in [3.8, 4) is 0 Å². The fourth-order valence-corrected chi connectivity index (χ4v) is 6.19. The molecule has 1 nitrogen and oxygen atoms in total. The maximum Gasteiger partial charge on any atom is 0.0161 e. The molecule has 0 saturated heterocycles. The first kappa shape index (κ1) is 13.8. The van der Waals surface area contributed by atoms with Crippen molar-refractivity contribution in [1.29, 1.82) is 0 Å². The molecule has 1 aromatic carbocycles. The van der Waals surface area contributed by atoms with Gasteiger partial charge < -0.3 is 5.32 Å². The number of likely N-dealkylation sites (N-methyl/N-ethyl adjacent to an activating group) is 1. The predicted molar refractivity (Wildman–Crippen MR) is 88.3 cm³/mol. The van der Waals surface area contributed by atoms with Crippen LogP contribution in [-0.2, 0) is 6.42 Å². The lowest BCUT2D eigenvalue weighted by Gasteiger charge is -2.59. The van der Waals surface area contributed by atoms with E-state index < -0.39 is 0 Å². The molecule has 0 spiro atoms. The molecule has 1 atom stereocenters. The average Bonchev–Trinajstić information content (AvgIpc) is 2.45. The molecule has 4 aliphatic rings. The Labute approximate surface area is 129 Å².